The van der Waals surface area contributed by atoms with Crippen LogP contribution >= 0.6 is 11.8 Å². The number of carboxylic acid groups (broad SMARTS) is 1. The number of aliphatic hydroxyl groups excluding tert-OH is 1. The lowest BCUT2D eigenvalue weighted by Crippen LogP contribution is -2.73. The van der Waals surface area contributed by atoms with Gasteiger partial charge in [-0.3, -0.25) is 24.7 Å². The smallest absolute Gasteiger partial charge is 0.333 e. The summed E-state index contributed by atoms with van der Waals surface area (Å²) in [6, 6.07) is 5.08. The molecule has 4 saturated heterocycles. The molecule has 17 heteroatoms. The van der Waals surface area contributed by atoms with E-state index in [1.54, 1.807) is 20.1 Å². The summed E-state index contributed by atoms with van der Waals surface area (Å²) >= 11 is 1.38. The Balaban J connectivity index is 1.26. The number of nitrogens with zero attached hydrogens (tertiary/aromatic N) is 3. The summed E-state index contributed by atoms with van der Waals surface area (Å²) in [6.07, 6.45) is 2.50. The normalized spacial score (nSPS) is 34.6. The van der Waals surface area contributed by atoms with Gasteiger partial charge in [0.15, 0.2) is 22.8 Å². The highest BCUT2D eigenvalue weighted by molar-refractivity contribution is 7.99. The third-order valence-electron chi connectivity index (χ3n) is 14.5. The molecule has 12 rings (SSSR count). The number of methoxy groups -OCH3 is 2. The van der Waals surface area contributed by atoms with Crippen LogP contribution in [-0.2, 0) is 35.8 Å². The van der Waals surface area contributed by atoms with Crippen molar-refractivity contribution in [2.75, 3.05) is 47.0 Å². The molecule has 4 unspecified atom stereocenters. The second kappa shape index (κ2) is 13.5. The van der Waals surface area contributed by atoms with Gasteiger partial charge in [-0.1, -0.05) is 13.0 Å². The number of rotatable bonds is 4. The number of hydrogen-bond acceptors (Lipinski definition) is 15. The number of H-pyrrole nitrogens is 1. The Morgan fingerprint density at radius 3 is 2.59 bits per heavy atom. The Hall–Kier alpha value is -5.41. The molecule has 4 fully saturated rings. The van der Waals surface area contributed by atoms with Crippen LogP contribution in [0.15, 0.2) is 41.4 Å². The average Bonchev–Trinajstić information content (AvgIpc) is 3.84. The molecule has 0 amide bonds. The monoisotopic (exact) mass is 853 g/mol. The number of carboxylic acids is 1. The highest BCUT2D eigenvalue weighted by Crippen LogP contribution is 2.67. The minimum atomic E-state index is -1.71. The SMILES string of the molecule is COC1=C(O)C2(C)C(C=C1C)CC1(C#N)CN(C)[C@@H]2[C@@H]2[C@@H]3SC[C@]4(N[C@H](C(=O)O)Cc5c4[nH]c4ccc(OC)cc54)C(=O)OC[C@@H](c4c5c(c(C)c(OC(C)=O)c43)OCO5)N21. The molecule has 0 radical (unpaired) electrons. The Bertz CT molecular complexity index is 2580. The number of aliphatic carboxylic acids is 1. The van der Waals surface area contributed by atoms with E-state index in [1.165, 1.54) is 25.8 Å². The van der Waals surface area contributed by atoms with Gasteiger partial charge in [0.25, 0.3) is 0 Å². The third-order valence-corrected chi connectivity index (χ3v) is 15.9. The van der Waals surface area contributed by atoms with E-state index in [-0.39, 0.29) is 43.0 Å². The first kappa shape index (κ1) is 39.7. The van der Waals surface area contributed by atoms with Crippen molar-refractivity contribution in [3.05, 3.63) is 69.3 Å². The van der Waals surface area contributed by atoms with E-state index >= 15 is 4.79 Å². The lowest BCUT2D eigenvalue weighted by Gasteiger charge is -2.62. The van der Waals surface area contributed by atoms with Crippen LogP contribution in [0.2, 0.25) is 0 Å². The van der Waals surface area contributed by atoms with E-state index in [0.717, 1.165) is 11.0 Å². The van der Waals surface area contributed by atoms with E-state index in [4.69, 9.17) is 28.4 Å². The van der Waals surface area contributed by atoms with Crippen LogP contribution in [0.1, 0.15) is 66.4 Å². The number of nitriles is 1. The quantitative estimate of drug-likeness (QED) is 0.208. The fourth-order valence-electron chi connectivity index (χ4n) is 12.0. The van der Waals surface area contributed by atoms with Crippen molar-refractivity contribution in [1.29, 1.82) is 5.26 Å². The average molecular weight is 854 g/mol. The Morgan fingerprint density at radius 2 is 1.89 bits per heavy atom. The number of piperazine rings is 1. The summed E-state index contributed by atoms with van der Waals surface area (Å²) in [5.74, 6) is -0.658. The summed E-state index contributed by atoms with van der Waals surface area (Å²) in [6.45, 7) is 6.96. The number of likely N-dealkylation sites (N-methyl/N-ethyl adjacent to an activating group) is 1. The molecular formula is C44H47N5O11S. The van der Waals surface area contributed by atoms with Gasteiger partial charge < -0.3 is 43.6 Å². The zero-order chi connectivity index (χ0) is 43.1. The minimum absolute atomic E-state index is 0.0566. The van der Waals surface area contributed by atoms with Gasteiger partial charge in [0, 0.05) is 65.3 Å². The number of aromatic amines is 1. The molecule has 4 bridgehead atoms. The molecule has 1 aliphatic carbocycles. The summed E-state index contributed by atoms with van der Waals surface area (Å²) in [5, 5.41) is 38.0. The number of aromatic nitrogens is 1. The van der Waals surface area contributed by atoms with Gasteiger partial charge in [0.1, 0.15) is 35.4 Å². The van der Waals surface area contributed by atoms with Gasteiger partial charge in [-0.2, -0.15) is 5.26 Å². The standard InChI is InChI=1S/C44H47N5O11S/c1-19-10-22-13-43(15-45)16-48(5)38(42(22,4)39(51)32(19)56-7)31-36-30-29(35-34(58-18-59-35)20(2)33(30)60-21(3)50)28(49(31)43)14-57-41(54)44(17-61-36)37-25(12-27(47-44)40(52)53)24-11-23(55-6)8-9-26(24)46-37/h8-11,22,27-28,31,36,38,46-47,51H,12-14,16-18H2,1-7H3,(H,52,53)/t22?,27-,28-,31-,36+,38+,42?,43?,44+/m0/s1. The van der Waals surface area contributed by atoms with E-state index in [1.807, 2.05) is 33.0 Å². The van der Waals surface area contributed by atoms with Crippen molar-refractivity contribution in [1.82, 2.24) is 20.1 Å². The molecule has 1 aromatic heterocycles. The Kier molecular flexibility index (Phi) is 8.82. The molecule has 0 saturated carbocycles. The Morgan fingerprint density at radius 1 is 1.11 bits per heavy atom. The maximum absolute atomic E-state index is 15.2. The van der Waals surface area contributed by atoms with Crippen molar-refractivity contribution in [3.63, 3.8) is 0 Å². The van der Waals surface area contributed by atoms with Crippen LogP contribution in [0.3, 0.4) is 0 Å². The molecule has 320 valence electrons. The number of nitrogens with one attached hydrogen (secondary N) is 2. The van der Waals surface area contributed by atoms with Crippen LogP contribution in [0.25, 0.3) is 10.9 Å². The fraction of sp³-hybridized carbons (Fsp3) is 0.500. The molecule has 61 heavy (non-hydrogen) atoms. The third kappa shape index (κ3) is 5.19. The van der Waals surface area contributed by atoms with Crippen LogP contribution in [0.4, 0.5) is 0 Å². The second-order valence-corrected chi connectivity index (χ2v) is 18.7. The number of carbonyl (C=O) groups excluding carboxylic acids is 2. The molecule has 1 spiro atoms. The topological polar surface area (TPSA) is 205 Å². The van der Waals surface area contributed by atoms with Gasteiger partial charge in [-0.25, -0.2) is 4.79 Å². The molecule has 2 aromatic carbocycles. The second-order valence-electron chi connectivity index (χ2n) is 17.5. The van der Waals surface area contributed by atoms with Crippen molar-refractivity contribution >= 4 is 40.6 Å². The van der Waals surface area contributed by atoms with Crippen molar-refractivity contribution in [3.8, 4) is 29.1 Å². The van der Waals surface area contributed by atoms with Gasteiger partial charge in [-0.15, -0.1) is 11.8 Å². The molecule has 9 heterocycles. The van der Waals surface area contributed by atoms with Gasteiger partial charge in [0.2, 0.25) is 6.79 Å². The summed E-state index contributed by atoms with van der Waals surface area (Å²) < 4.78 is 36.5. The highest BCUT2D eigenvalue weighted by Gasteiger charge is 2.70. The zero-order valence-corrected chi connectivity index (χ0v) is 35.7. The molecular weight excluding hydrogens is 807 g/mol. The van der Waals surface area contributed by atoms with Gasteiger partial charge in [0.05, 0.1) is 42.7 Å². The zero-order valence-electron chi connectivity index (χ0n) is 34.8. The first-order chi connectivity index (χ1) is 29.1. The largest absolute Gasteiger partial charge is 0.508 e. The van der Waals surface area contributed by atoms with Crippen molar-refractivity contribution < 1.29 is 53.0 Å². The van der Waals surface area contributed by atoms with Crippen molar-refractivity contribution in [2.24, 2.45) is 11.3 Å². The lowest BCUT2D eigenvalue weighted by molar-refractivity contribution is -0.160. The summed E-state index contributed by atoms with van der Waals surface area (Å²) in [4.78, 5) is 49.1. The predicted molar refractivity (Wildman–Crippen MR) is 219 cm³/mol. The summed E-state index contributed by atoms with van der Waals surface area (Å²) in [7, 11) is 5.06. The van der Waals surface area contributed by atoms with Crippen LogP contribution in [0, 0.1) is 29.6 Å². The van der Waals surface area contributed by atoms with Crippen molar-refractivity contribution in [2.45, 2.75) is 81.0 Å². The van der Waals surface area contributed by atoms with E-state index in [0.29, 0.717) is 69.4 Å². The number of allylic oxidation sites excluding steroid dienone is 2. The van der Waals surface area contributed by atoms with E-state index < -0.39 is 63.8 Å². The number of fused-ring (bicyclic) bond motifs is 8. The molecule has 16 nitrogen and oxygen atoms in total. The number of benzene rings is 2. The number of thioether (sulfide) groups is 1. The molecule has 10 atom stereocenters. The molecule has 3 aromatic rings. The van der Waals surface area contributed by atoms with Crippen LogP contribution < -0.4 is 24.3 Å². The minimum Gasteiger partial charge on any atom is -0.508 e. The van der Waals surface area contributed by atoms with Gasteiger partial charge >= 0.3 is 17.9 Å². The first-order valence-corrected chi connectivity index (χ1v) is 21.4. The molecule has 9 aliphatic rings. The maximum Gasteiger partial charge on any atom is 0.333 e. The van der Waals surface area contributed by atoms with E-state index in [2.05, 4.69) is 32.2 Å². The summed E-state index contributed by atoms with van der Waals surface area (Å²) in [5.41, 5.74) is 0.427. The number of carbonyl (C=O) groups is 3. The first-order valence-electron chi connectivity index (χ1n) is 20.3. The number of hydrogen-bond donors (Lipinski definition) is 4. The molecule has 8 aliphatic heterocycles. The van der Waals surface area contributed by atoms with Gasteiger partial charge in [-0.05, 0) is 62.6 Å². The highest BCUT2D eigenvalue weighted by atomic mass is 32.2. The number of aliphatic hydroxyl groups is 1. The lowest BCUT2D eigenvalue weighted by atomic mass is 9.63. The van der Waals surface area contributed by atoms with Crippen LogP contribution in [-0.4, -0.2) is 114 Å². The number of esters is 2. The Labute approximate surface area is 355 Å². The van der Waals surface area contributed by atoms with E-state index in [9.17, 15) is 25.1 Å². The van der Waals surface area contributed by atoms with Crippen LogP contribution in [0.5, 0.6) is 23.0 Å². The fourth-order valence-corrected chi connectivity index (χ4v) is 13.7. The predicted octanol–water partition coefficient (Wildman–Crippen LogP) is 4.67. The maximum atomic E-state index is 15.2. The molecule has 4 N–H and O–H groups in total. The number of ether oxygens (including phenoxy) is 6.